The summed E-state index contributed by atoms with van der Waals surface area (Å²) in [5.41, 5.74) is 2.53. The number of methoxy groups -OCH3 is 1. The van der Waals surface area contributed by atoms with Crippen molar-refractivity contribution in [2.75, 3.05) is 14.2 Å². The minimum atomic E-state index is -0.0739. The molecule has 4 nitrogen and oxygen atoms in total. The Bertz CT molecular complexity index is 663. The number of carbonyl (C=O) groups is 1. The zero-order valence-corrected chi connectivity index (χ0v) is 12.3. The number of rotatable bonds is 5. The van der Waals surface area contributed by atoms with Gasteiger partial charge >= 0.3 is 0 Å². The van der Waals surface area contributed by atoms with Gasteiger partial charge in [0.05, 0.1) is 12.8 Å². The van der Waals surface area contributed by atoms with Crippen LogP contribution in [0.15, 0.2) is 53.7 Å². The quantitative estimate of drug-likeness (QED) is 0.480. The van der Waals surface area contributed by atoms with E-state index in [0.717, 1.165) is 5.56 Å². The third kappa shape index (κ3) is 3.28. The molecule has 0 heterocycles. The lowest BCUT2D eigenvalue weighted by Crippen LogP contribution is -2.09. The van der Waals surface area contributed by atoms with E-state index >= 15 is 0 Å². The number of ketones is 1. The van der Waals surface area contributed by atoms with E-state index in [2.05, 4.69) is 5.16 Å². The molecule has 0 bridgehead atoms. The van der Waals surface area contributed by atoms with Crippen molar-refractivity contribution < 1.29 is 14.4 Å². The van der Waals surface area contributed by atoms with E-state index in [1.54, 1.807) is 38.3 Å². The van der Waals surface area contributed by atoms with Gasteiger partial charge in [-0.1, -0.05) is 35.5 Å². The Kier molecular flexibility index (Phi) is 4.72. The molecule has 21 heavy (non-hydrogen) atoms. The Morgan fingerprint density at radius 3 is 2.33 bits per heavy atom. The SMILES string of the molecule is CO/N=C(\C)c1ccc(OC)cc1C(=O)c1ccccc1. The van der Waals surface area contributed by atoms with Gasteiger partial charge in [0.15, 0.2) is 5.78 Å². The van der Waals surface area contributed by atoms with Crippen molar-refractivity contribution in [3.63, 3.8) is 0 Å². The van der Waals surface area contributed by atoms with Crippen molar-refractivity contribution in [2.24, 2.45) is 5.16 Å². The highest BCUT2D eigenvalue weighted by Crippen LogP contribution is 2.21. The first-order valence-corrected chi connectivity index (χ1v) is 6.53. The van der Waals surface area contributed by atoms with Crippen LogP contribution in [0.3, 0.4) is 0 Å². The second kappa shape index (κ2) is 6.70. The van der Waals surface area contributed by atoms with Gasteiger partial charge in [-0.15, -0.1) is 0 Å². The number of carbonyl (C=O) groups excluding carboxylic acids is 1. The molecule has 0 saturated heterocycles. The summed E-state index contributed by atoms with van der Waals surface area (Å²) >= 11 is 0. The number of ether oxygens (including phenoxy) is 1. The summed E-state index contributed by atoms with van der Waals surface area (Å²) in [6.45, 7) is 1.80. The van der Waals surface area contributed by atoms with Crippen molar-refractivity contribution in [3.8, 4) is 5.75 Å². The molecule has 108 valence electrons. The second-order valence-corrected chi connectivity index (χ2v) is 4.47. The first-order chi connectivity index (χ1) is 10.2. The second-order valence-electron chi connectivity index (χ2n) is 4.47. The predicted molar refractivity (Wildman–Crippen MR) is 82.1 cm³/mol. The van der Waals surface area contributed by atoms with Gasteiger partial charge in [0, 0.05) is 16.7 Å². The molecule has 0 aliphatic heterocycles. The molecule has 0 aliphatic rings. The zero-order valence-electron chi connectivity index (χ0n) is 12.3. The van der Waals surface area contributed by atoms with Crippen LogP contribution in [-0.4, -0.2) is 25.7 Å². The van der Waals surface area contributed by atoms with Gasteiger partial charge in [0.1, 0.15) is 12.9 Å². The van der Waals surface area contributed by atoms with Crippen LogP contribution in [0.5, 0.6) is 5.75 Å². The van der Waals surface area contributed by atoms with Crippen molar-refractivity contribution in [1.29, 1.82) is 0 Å². The summed E-state index contributed by atoms with van der Waals surface area (Å²) in [6.07, 6.45) is 0. The van der Waals surface area contributed by atoms with Gasteiger partial charge < -0.3 is 9.57 Å². The number of hydrogen-bond acceptors (Lipinski definition) is 4. The molecular weight excluding hydrogens is 266 g/mol. The van der Waals surface area contributed by atoms with Crippen LogP contribution in [-0.2, 0) is 4.84 Å². The van der Waals surface area contributed by atoms with Gasteiger partial charge in [-0.25, -0.2) is 0 Å². The standard InChI is InChI=1S/C17H17NO3/c1-12(18-21-3)15-10-9-14(20-2)11-16(15)17(19)13-7-5-4-6-8-13/h4-11H,1-3H3/b18-12+. The summed E-state index contributed by atoms with van der Waals surface area (Å²) in [4.78, 5) is 17.5. The van der Waals surface area contributed by atoms with Crippen molar-refractivity contribution in [3.05, 3.63) is 65.2 Å². The van der Waals surface area contributed by atoms with Crippen LogP contribution in [0.2, 0.25) is 0 Å². The van der Waals surface area contributed by atoms with Gasteiger partial charge in [0.2, 0.25) is 0 Å². The van der Waals surface area contributed by atoms with Gasteiger partial charge in [0.25, 0.3) is 0 Å². The predicted octanol–water partition coefficient (Wildman–Crippen LogP) is 3.30. The fourth-order valence-corrected chi connectivity index (χ4v) is 2.08. The van der Waals surface area contributed by atoms with Crippen LogP contribution in [0.1, 0.15) is 28.4 Å². The van der Waals surface area contributed by atoms with Crippen molar-refractivity contribution >= 4 is 11.5 Å². The lowest BCUT2D eigenvalue weighted by atomic mass is 9.96. The highest BCUT2D eigenvalue weighted by atomic mass is 16.6. The van der Waals surface area contributed by atoms with E-state index in [4.69, 9.17) is 9.57 Å². The molecule has 0 amide bonds. The third-order valence-electron chi connectivity index (χ3n) is 3.13. The van der Waals surface area contributed by atoms with Crippen LogP contribution >= 0.6 is 0 Å². The van der Waals surface area contributed by atoms with Crippen LogP contribution < -0.4 is 4.74 Å². The Labute approximate surface area is 124 Å². The van der Waals surface area contributed by atoms with Gasteiger partial charge in [-0.2, -0.15) is 0 Å². The largest absolute Gasteiger partial charge is 0.497 e. The minimum absolute atomic E-state index is 0.0739. The number of nitrogens with zero attached hydrogens (tertiary/aromatic N) is 1. The number of benzene rings is 2. The van der Waals surface area contributed by atoms with Crippen molar-refractivity contribution in [1.82, 2.24) is 0 Å². The van der Waals surface area contributed by atoms with Gasteiger partial charge in [-0.05, 0) is 25.1 Å². The highest BCUT2D eigenvalue weighted by molar-refractivity contribution is 6.16. The van der Waals surface area contributed by atoms with E-state index in [1.165, 1.54) is 7.11 Å². The fraction of sp³-hybridized carbons (Fsp3) is 0.176. The number of hydrogen-bond donors (Lipinski definition) is 0. The maximum atomic E-state index is 12.7. The topological polar surface area (TPSA) is 47.9 Å². The third-order valence-corrected chi connectivity index (χ3v) is 3.13. The average Bonchev–Trinajstić information content (AvgIpc) is 2.54. The summed E-state index contributed by atoms with van der Waals surface area (Å²) in [6, 6.07) is 14.5. The highest BCUT2D eigenvalue weighted by Gasteiger charge is 2.16. The van der Waals surface area contributed by atoms with E-state index in [9.17, 15) is 4.79 Å². The first-order valence-electron chi connectivity index (χ1n) is 6.53. The zero-order chi connectivity index (χ0) is 15.2. The van der Waals surface area contributed by atoms with Crippen LogP contribution in [0.4, 0.5) is 0 Å². The van der Waals surface area contributed by atoms with Gasteiger partial charge in [-0.3, -0.25) is 4.79 Å². The average molecular weight is 283 g/mol. The Morgan fingerprint density at radius 2 is 1.71 bits per heavy atom. The molecule has 4 heteroatoms. The molecule has 2 rings (SSSR count). The van der Waals surface area contributed by atoms with E-state index in [1.807, 2.05) is 24.3 Å². The molecule has 0 spiro atoms. The van der Waals surface area contributed by atoms with Crippen LogP contribution in [0, 0.1) is 0 Å². The molecule has 0 radical (unpaired) electrons. The molecule has 0 aliphatic carbocycles. The molecule has 0 N–H and O–H groups in total. The molecule has 0 unspecified atom stereocenters. The lowest BCUT2D eigenvalue weighted by Gasteiger charge is -2.10. The maximum absolute atomic E-state index is 12.7. The molecule has 2 aromatic carbocycles. The first kappa shape index (κ1) is 14.8. The smallest absolute Gasteiger partial charge is 0.193 e. The number of oxime groups is 1. The molecule has 0 atom stereocenters. The molecule has 0 fully saturated rings. The monoisotopic (exact) mass is 283 g/mol. The molecule has 0 aromatic heterocycles. The Hall–Kier alpha value is -2.62. The maximum Gasteiger partial charge on any atom is 0.193 e. The normalized spacial score (nSPS) is 11.1. The summed E-state index contributed by atoms with van der Waals surface area (Å²) < 4.78 is 5.21. The summed E-state index contributed by atoms with van der Waals surface area (Å²) in [7, 11) is 3.05. The Morgan fingerprint density at radius 1 is 1.00 bits per heavy atom. The van der Waals surface area contributed by atoms with E-state index in [0.29, 0.717) is 22.6 Å². The fourth-order valence-electron chi connectivity index (χ4n) is 2.08. The summed E-state index contributed by atoms with van der Waals surface area (Å²) in [5, 5.41) is 3.91. The van der Waals surface area contributed by atoms with E-state index < -0.39 is 0 Å². The molecule has 2 aromatic rings. The minimum Gasteiger partial charge on any atom is -0.497 e. The van der Waals surface area contributed by atoms with Crippen molar-refractivity contribution in [2.45, 2.75) is 6.92 Å². The molecular formula is C17H17NO3. The molecule has 0 saturated carbocycles. The lowest BCUT2D eigenvalue weighted by molar-refractivity contribution is 0.103. The summed E-state index contributed by atoms with van der Waals surface area (Å²) in [5.74, 6) is 0.554. The van der Waals surface area contributed by atoms with Crippen LogP contribution in [0.25, 0.3) is 0 Å². The Balaban J connectivity index is 2.54. The van der Waals surface area contributed by atoms with E-state index in [-0.39, 0.29) is 5.78 Å².